The molecule has 1 heterocycles. The van der Waals surface area contributed by atoms with Crippen molar-refractivity contribution in [3.63, 3.8) is 0 Å². The number of oxazole rings is 1. The molecular weight excluding hydrogens is 370 g/mol. The lowest BCUT2D eigenvalue weighted by molar-refractivity contribution is -0.383. The minimum absolute atomic E-state index is 0.0163. The summed E-state index contributed by atoms with van der Waals surface area (Å²) in [6, 6.07) is 12.1. The summed E-state index contributed by atoms with van der Waals surface area (Å²) in [7, 11) is 0. The van der Waals surface area contributed by atoms with Gasteiger partial charge in [-0.25, -0.2) is 4.79 Å². The molecule has 0 bridgehead atoms. The molecule has 0 saturated heterocycles. The zero-order valence-corrected chi connectivity index (χ0v) is 14.7. The number of anilines is 1. The Morgan fingerprint density at radius 1 is 1.21 bits per heavy atom. The molecule has 10 nitrogen and oxygen atoms in total. The van der Waals surface area contributed by atoms with Crippen molar-refractivity contribution in [2.45, 2.75) is 19.6 Å². The lowest BCUT2D eigenvalue weighted by atomic mass is 10.2. The number of nitrogens with one attached hydrogen (secondary N) is 1. The van der Waals surface area contributed by atoms with Gasteiger partial charge in [-0.1, -0.05) is 24.3 Å². The van der Waals surface area contributed by atoms with E-state index in [0.29, 0.717) is 11.1 Å². The molecule has 1 aromatic heterocycles. The number of esters is 1. The van der Waals surface area contributed by atoms with Crippen LogP contribution < -0.4 is 11.1 Å². The van der Waals surface area contributed by atoms with Gasteiger partial charge in [0.2, 0.25) is 0 Å². The number of nitro groups is 1. The van der Waals surface area contributed by atoms with Crippen molar-refractivity contribution in [2.75, 3.05) is 5.32 Å². The average molecular weight is 385 g/mol. The molecule has 0 radical (unpaired) electrons. The zero-order valence-electron chi connectivity index (χ0n) is 14.7. The Morgan fingerprint density at radius 3 is 2.64 bits per heavy atom. The summed E-state index contributed by atoms with van der Waals surface area (Å²) in [6.45, 7) is 0.872. The summed E-state index contributed by atoms with van der Waals surface area (Å²) < 4.78 is 11.2. The minimum atomic E-state index is -1.24. The van der Waals surface area contributed by atoms with Gasteiger partial charge in [0.25, 0.3) is 11.6 Å². The van der Waals surface area contributed by atoms with Crippen LogP contribution in [0.25, 0.3) is 11.1 Å². The van der Waals surface area contributed by atoms with Crippen LogP contribution in [0.15, 0.2) is 57.7 Å². The molecule has 3 aromatic rings. The Kier molecular flexibility index (Phi) is 5.21. The number of aromatic nitrogens is 1. The van der Waals surface area contributed by atoms with Gasteiger partial charge in [0.1, 0.15) is 12.2 Å². The lowest BCUT2D eigenvalue weighted by Crippen LogP contribution is -2.32. The predicted molar refractivity (Wildman–Crippen MR) is 97.8 cm³/mol. The summed E-state index contributed by atoms with van der Waals surface area (Å²) in [5.41, 5.74) is 0.437. The third-order valence-corrected chi connectivity index (χ3v) is 3.90. The molecule has 1 atom stereocenters. The molecule has 0 spiro atoms. The minimum Gasteiger partial charge on any atom is -0.451 e. The molecule has 1 amide bonds. The van der Waals surface area contributed by atoms with E-state index >= 15 is 0 Å². The molecule has 1 N–H and O–H groups in total. The molecule has 0 aliphatic rings. The van der Waals surface area contributed by atoms with E-state index in [0.717, 1.165) is 4.57 Å². The summed E-state index contributed by atoms with van der Waals surface area (Å²) in [5.74, 6) is -2.30. The van der Waals surface area contributed by atoms with E-state index < -0.39 is 35.2 Å². The first-order valence-corrected chi connectivity index (χ1v) is 8.19. The number of nitrogens with zero attached hydrogens (tertiary/aromatic N) is 2. The number of benzene rings is 2. The van der Waals surface area contributed by atoms with Crippen molar-refractivity contribution < 1.29 is 23.7 Å². The maximum atomic E-state index is 12.2. The SMILES string of the molecule is C[C@H](OC(=O)Cn1c(=O)oc2ccccc21)C(=O)Nc1ccccc1[N+](=O)[O-]. The molecule has 0 saturated carbocycles. The van der Waals surface area contributed by atoms with Crippen molar-refractivity contribution in [2.24, 2.45) is 0 Å². The third kappa shape index (κ3) is 3.90. The second-order valence-corrected chi connectivity index (χ2v) is 5.82. The molecule has 0 fully saturated rings. The average Bonchev–Trinajstić information content (AvgIpc) is 2.97. The first kappa shape index (κ1) is 18.8. The van der Waals surface area contributed by atoms with E-state index in [1.165, 1.54) is 31.2 Å². The van der Waals surface area contributed by atoms with Gasteiger partial charge in [-0.15, -0.1) is 0 Å². The highest BCUT2D eigenvalue weighted by atomic mass is 16.6. The number of hydrogen-bond donors (Lipinski definition) is 1. The Hall–Kier alpha value is -3.95. The first-order chi connectivity index (χ1) is 13.4. The van der Waals surface area contributed by atoms with E-state index in [9.17, 15) is 24.5 Å². The highest BCUT2D eigenvalue weighted by Crippen LogP contribution is 2.23. The fourth-order valence-corrected chi connectivity index (χ4v) is 2.55. The van der Waals surface area contributed by atoms with Crippen LogP contribution in [0.3, 0.4) is 0 Å². The van der Waals surface area contributed by atoms with Gasteiger partial charge >= 0.3 is 11.7 Å². The van der Waals surface area contributed by atoms with E-state index in [1.807, 2.05) is 0 Å². The predicted octanol–water partition coefficient (Wildman–Crippen LogP) is 2.07. The topological polar surface area (TPSA) is 134 Å². The van der Waals surface area contributed by atoms with Gasteiger partial charge in [-0.2, -0.15) is 0 Å². The lowest BCUT2D eigenvalue weighted by Gasteiger charge is -2.13. The van der Waals surface area contributed by atoms with Crippen LogP contribution in [0.2, 0.25) is 0 Å². The molecule has 0 aliphatic carbocycles. The number of hydrogen-bond acceptors (Lipinski definition) is 7. The van der Waals surface area contributed by atoms with Crippen molar-refractivity contribution >= 4 is 34.4 Å². The van der Waals surface area contributed by atoms with Crippen LogP contribution >= 0.6 is 0 Å². The van der Waals surface area contributed by atoms with Crippen LogP contribution in [-0.4, -0.2) is 27.5 Å². The van der Waals surface area contributed by atoms with E-state index in [4.69, 9.17) is 9.15 Å². The van der Waals surface area contributed by atoms with Crippen molar-refractivity contribution in [3.05, 3.63) is 69.2 Å². The number of nitro benzene ring substituents is 1. The maximum Gasteiger partial charge on any atom is 0.420 e. The van der Waals surface area contributed by atoms with Gasteiger partial charge in [-0.3, -0.25) is 24.3 Å². The summed E-state index contributed by atoms with van der Waals surface area (Å²) in [4.78, 5) is 46.6. The number of rotatable bonds is 6. The van der Waals surface area contributed by atoms with E-state index in [2.05, 4.69) is 5.32 Å². The standard InChI is InChI=1S/C18H15N3O7/c1-11(17(23)19-12-6-2-3-7-13(12)21(25)26)27-16(22)10-20-14-8-4-5-9-15(14)28-18(20)24/h2-9,11H,10H2,1H3,(H,19,23)/t11-/m0/s1. The van der Waals surface area contributed by atoms with Gasteiger partial charge in [0.15, 0.2) is 11.7 Å². The number of amides is 1. The Labute approximate surface area is 157 Å². The Bertz CT molecular complexity index is 1120. The quantitative estimate of drug-likeness (QED) is 0.390. The second-order valence-electron chi connectivity index (χ2n) is 5.82. The molecule has 0 unspecified atom stereocenters. The largest absolute Gasteiger partial charge is 0.451 e. The van der Waals surface area contributed by atoms with Crippen LogP contribution in [0.5, 0.6) is 0 Å². The number of para-hydroxylation sites is 4. The zero-order chi connectivity index (χ0) is 20.3. The molecule has 28 heavy (non-hydrogen) atoms. The number of ether oxygens (including phenoxy) is 1. The molecular formula is C18H15N3O7. The number of carbonyl (C=O) groups is 2. The first-order valence-electron chi connectivity index (χ1n) is 8.19. The van der Waals surface area contributed by atoms with E-state index in [1.54, 1.807) is 24.3 Å². The molecule has 2 aromatic carbocycles. The van der Waals surface area contributed by atoms with Gasteiger partial charge in [0.05, 0.1) is 10.4 Å². The summed E-state index contributed by atoms with van der Waals surface area (Å²) >= 11 is 0. The van der Waals surface area contributed by atoms with Gasteiger partial charge < -0.3 is 14.5 Å². The van der Waals surface area contributed by atoms with Crippen molar-refractivity contribution in [3.8, 4) is 0 Å². The molecule has 3 rings (SSSR count). The maximum absolute atomic E-state index is 12.2. The Balaban J connectivity index is 1.67. The van der Waals surface area contributed by atoms with Crippen molar-refractivity contribution in [1.29, 1.82) is 0 Å². The van der Waals surface area contributed by atoms with Gasteiger partial charge in [0, 0.05) is 6.07 Å². The number of carbonyl (C=O) groups excluding carboxylic acids is 2. The molecule has 10 heteroatoms. The summed E-state index contributed by atoms with van der Waals surface area (Å²) in [6.07, 6.45) is -1.24. The van der Waals surface area contributed by atoms with Crippen LogP contribution in [0.1, 0.15) is 6.92 Å². The third-order valence-electron chi connectivity index (χ3n) is 3.90. The highest BCUT2D eigenvalue weighted by molar-refractivity contribution is 5.96. The van der Waals surface area contributed by atoms with Crippen LogP contribution in [-0.2, 0) is 20.9 Å². The monoisotopic (exact) mass is 385 g/mol. The highest BCUT2D eigenvalue weighted by Gasteiger charge is 2.22. The Morgan fingerprint density at radius 2 is 1.89 bits per heavy atom. The normalized spacial score (nSPS) is 11.8. The summed E-state index contributed by atoms with van der Waals surface area (Å²) in [5, 5.41) is 13.3. The van der Waals surface area contributed by atoms with Crippen LogP contribution in [0, 0.1) is 10.1 Å². The fourth-order valence-electron chi connectivity index (χ4n) is 2.55. The van der Waals surface area contributed by atoms with E-state index in [-0.39, 0.29) is 11.4 Å². The van der Waals surface area contributed by atoms with Crippen LogP contribution in [0.4, 0.5) is 11.4 Å². The second kappa shape index (κ2) is 7.74. The van der Waals surface area contributed by atoms with Crippen molar-refractivity contribution in [1.82, 2.24) is 4.57 Å². The van der Waals surface area contributed by atoms with Gasteiger partial charge in [-0.05, 0) is 25.1 Å². The smallest absolute Gasteiger partial charge is 0.420 e. The fraction of sp³-hybridized carbons (Fsp3) is 0.167. The molecule has 144 valence electrons. The number of fused-ring (bicyclic) bond motifs is 1. The molecule has 0 aliphatic heterocycles.